The van der Waals surface area contributed by atoms with Crippen molar-refractivity contribution in [3.05, 3.63) is 36.0 Å². The first-order valence-corrected chi connectivity index (χ1v) is 5.75. The Morgan fingerprint density at radius 2 is 1.86 bits per heavy atom. The molecule has 0 radical (unpaired) electrons. The standard InChI is InChI=1S/C14H24/c1-5-8-9-10-14(7-3)12-11-13(4)6-2/h7,11-12H,4-6,8-10H2,1-3H3/b12-11-,14-7-. The van der Waals surface area contributed by atoms with Crippen molar-refractivity contribution in [3.8, 4) is 0 Å². The molecule has 0 amide bonds. The van der Waals surface area contributed by atoms with E-state index < -0.39 is 0 Å². The fraction of sp³-hybridized carbons (Fsp3) is 0.571. The monoisotopic (exact) mass is 192 g/mol. The second-order valence-corrected chi connectivity index (χ2v) is 3.67. The molecule has 0 saturated heterocycles. The molecule has 0 unspecified atom stereocenters. The van der Waals surface area contributed by atoms with E-state index in [0.29, 0.717) is 0 Å². The molecule has 0 aromatic heterocycles. The van der Waals surface area contributed by atoms with Crippen LogP contribution in [0, 0.1) is 0 Å². The molecule has 80 valence electrons. The van der Waals surface area contributed by atoms with E-state index in [2.05, 4.69) is 45.6 Å². The molecule has 0 nitrogen and oxygen atoms in total. The van der Waals surface area contributed by atoms with Gasteiger partial charge >= 0.3 is 0 Å². The van der Waals surface area contributed by atoms with Crippen LogP contribution in [0.2, 0.25) is 0 Å². The van der Waals surface area contributed by atoms with Gasteiger partial charge in [-0.05, 0) is 26.2 Å². The summed E-state index contributed by atoms with van der Waals surface area (Å²) in [7, 11) is 0. The third-order valence-electron chi connectivity index (χ3n) is 2.43. The van der Waals surface area contributed by atoms with Gasteiger partial charge in [-0.25, -0.2) is 0 Å². The summed E-state index contributed by atoms with van der Waals surface area (Å²) in [6.45, 7) is 10.5. The molecular formula is C14H24. The minimum absolute atomic E-state index is 1.04. The van der Waals surface area contributed by atoms with Crippen molar-refractivity contribution in [2.75, 3.05) is 0 Å². The van der Waals surface area contributed by atoms with E-state index in [4.69, 9.17) is 0 Å². The van der Waals surface area contributed by atoms with Crippen LogP contribution in [0.15, 0.2) is 36.0 Å². The van der Waals surface area contributed by atoms with Crippen molar-refractivity contribution >= 4 is 0 Å². The Balaban J connectivity index is 3.92. The van der Waals surface area contributed by atoms with Crippen LogP contribution in [0.4, 0.5) is 0 Å². The zero-order chi connectivity index (χ0) is 10.8. The quantitative estimate of drug-likeness (QED) is 0.392. The van der Waals surface area contributed by atoms with E-state index in [0.717, 1.165) is 6.42 Å². The van der Waals surface area contributed by atoms with Crippen molar-refractivity contribution in [2.24, 2.45) is 0 Å². The summed E-state index contributed by atoms with van der Waals surface area (Å²) in [4.78, 5) is 0. The van der Waals surface area contributed by atoms with Crippen molar-refractivity contribution in [1.82, 2.24) is 0 Å². The van der Waals surface area contributed by atoms with Gasteiger partial charge in [0.15, 0.2) is 0 Å². The van der Waals surface area contributed by atoms with Crippen molar-refractivity contribution in [1.29, 1.82) is 0 Å². The smallest absolute Gasteiger partial charge is 0.0282 e. The van der Waals surface area contributed by atoms with Gasteiger partial charge in [-0.2, -0.15) is 0 Å². The van der Waals surface area contributed by atoms with E-state index in [-0.39, 0.29) is 0 Å². The SMILES string of the molecule is C=C(/C=C\C(=C/C)CCCCC)CC. The summed E-state index contributed by atoms with van der Waals surface area (Å²) in [5.74, 6) is 0. The first-order chi connectivity index (χ1) is 6.74. The largest absolute Gasteiger partial charge is 0.0958 e. The highest BCUT2D eigenvalue weighted by atomic mass is 14.0. The maximum atomic E-state index is 3.96. The molecule has 0 aliphatic heterocycles. The third kappa shape index (κ3) is 6.71. The van der Waals surface area contributed by atoms with Crippen LogP contribution in [0.25, 0.3) is 0 Å². The van der Waals surface area contributed by atoms with Gasteiger partial charge < -0.3 is 0 Å². The predicted octanol–water partition coefficient (Wildman–Crippen LogP) is 5.04. The third-order valence-corrected chi connectivity index (χ3v) is 2.43. The van der Waals surface area contributed by atoms with Gasteiger partial charge in [-0.1, -0.05) is 62.6 Å². The molecule has 0 aliphatic carbocycles. The van der Waals surface area contributed by atoms with E-state index in [1.807, 2.05) is 0 Å². The van der Waals surface area contributed by atoms with Gasteiger partial charge in [-0.15, -0.1) is 0 Å². The number of unbranched alkanes of at least 4 members (excludes halogenated alkanes) is 2. The van der Waals surface area contributed by atoms with Gasteiger partial charge in [0.1, 0.15) is 0 Å². The van der Waals surface area contributed by atoms with E-state index in [9.17, 15) is 0 Å². The molecule has 0 aromatic carbocycles. The summed E-state index contributed by atoms with van der Waals surface area (Å²) < 4.78 is 0. The average molecular weight is 192 g/mol. The number of rotatable bonds is 7. The Labute approximate surface area is 89.4 Å². The molecule has 0 atom stereocenters. The van der Waals surface area contributed by atoms with Gasteiger partial charge in [0.05, 0.1) is 0 Å². The Morgan fingerprint density at radius 3 is 2.36 bits per heavy atom. The fourth-order valence-electron chi connectivity index (χ4n) is 1.25. The van der Waals surface area contributed by atoms with Crippen molar-refractivity contribution in [3.63, 3.8) is 0 Å². The van der Waals surface area contributed by atoms with Crippen LogP contribution in [-0.2, 0) is 0 Å². The summed E-state index contributed by atoms with van der Waals surface area (Å²) >= 11 is 0. The molecule has 0 heterocycles. The lowest BCUT2D eigenvalue weighted by Crippen LogP contribution is -1.80. The van der Waals surface area contributed by atoms with Crippen LogP contribution < -0.4 is 0 Å². The predicted molar refractivity (Wildman–Crippen MR) is 66.5 cm³/mol. The molecule has 0 heteroatoms. The highest BCUT2D eigenvalue weighted by Gasteiger charge is 1.91. The zero-order valence-electron chi connectivity index (χ0n) is 9.97. The van der Waals surface area contributed by atoms with Crippen molar-refractivity contribution < 1.29 is 0 Å². The molecule has 0 aliphatic rings. The first kappa shape index (κ1) is 13.2. The molecular weight excluding hydrogens is 168 g/mol. The minimum Gasteiger partial charge on any atom is -0.0958 e. The minimum atomic E-state index is 1.04. The average Bonchev–Trinajstić information content (AvgIpc) is 2.22. The summed E-state index contributed by atoms with van der Waals surface area (Å²) in [5.41, 5.74) is 2.65. The molecule has 0 rings (SSSR count). The maximum absolute atomic E-state index is 3.96. The Kier molecular flexibility index (Phi) is 8.31. The van der Waals surface area contributed by atoms with E-state index in [1.165, 1.54) is 36.8 Å². The Morgan fingerprint density at radius 1 is 1.14 bits per heavy atom. The molecule has 0 N–H and O–H groups in total. The molecule has 0 aromatic rings. The maximum Gasteiger partial charge on any atom is -0.0282 e. The van der Waals surface area contributed by atoms with Gasteiger partial charge in [0, 0.05) is 0 Å². The lowest BCUT2D eigenvalue weighted by molar-refractivity contribution is 0.719. The first-order valence-electron chi connectivity index (χ1n) is 5.75. The number of allylic oxidation sites excluding steroid dienone is 5. The summed E-state index contributed by atoms with van der Waals surface area (Å²) in [6.07, 6.45) is 12.7. The second-order valence-electron chi connectivity index (χ2n) is 3.67. The molecule has 0 saturated carbocycles. The Hall–Kier alpha value is -0.780. The number of hydrogen-bond acceptors (Lipinski definition) is 0. The van der Waals surface area contributed by atoms with E-state index >= 15 is 0 Å². The topological polar surface area (TPSA) is 0 Å². The summed E-state index contributed by atoms with van der Waals surface area (Å²) in [6, 6.07) is 0. The highest BCUT2D eigenvalue weighted by Crippen LogP contribution is 2.11. The van der Waals surface area contributed by atoms with Crippen LogP contribution >= 0.6 is 0 Å². The highest BCUT2D eigenvalue weighted by molar-refractivity contribution is 5.25. The van der Waals surface area contributed by atoms with Gasteiger partial charge in [0.25, 0.3) is 0 Å². The fourth-order valence-corrected chi connectivity index (χ4v) is 1.25. The molecule has 0 bridgehead atoms. The number of hydrogen-bond donors (Lipinski definition) is 0. The van der Waals surface area contributed by atoms with Crippen LogP contribution in [0.5, 0.6) is 0 Å². The Bertz CT molecular complexity index is 206. The van der Waals surface area contributed by atoms with Gasteiger partial charge in [0.2, 0.25) is 0 Å². The zero-order valence-corrected chi connectivity index (χ0v) is 9.97. The van der Waals surface area contributed by atoms with E-state index in [1.54, 1.807) is 0 Å². The lowest BCUT2D eigenvalue weighted by atomic mass is 10.1. The van der Waals surface area contributed by atoms with Gasteiger partial charge in [-0.3, -0.25) is 0 Å². The normalized spacial score (nSPS) is 12.4. The lowest BCUT2D eigenvalue weighted by Gasteiger charge is -2.01. The van der Waals surface area contributed by atoms with Crippen LogP contribution in [0.3, 0.4) is 0 Å². The molecule has 0 fully saturated rings. The van der Waals surface area contributed by atoms with Crippen LogP contribution in [0.1, 0.15) is 52.9 Å². The molecule has 0 spiro atoms. The van der Waals surface area contributed by atoms with Crippen LogP contribution in [-0.4, -0.2) is 0 Å². The second kappa shape index (κ2) is 8.80. The summed E-state index contributed by atoms with van der Waals surface area (Å²) in [5, 5.41) is 0. The molecule has 14 heavy (non-hydrogen) atoms. The van der Waals surface area contributed by atoms with Crippen molar-refractivity contribution in [2.45, 2.75) is 52.9 Å².